The van der Waals surface area contributed by atoms with Crippen LogP contribution in [0.3, 0.4) is 0 Å². The molecule has 0 radical (unpaired) electrons. The van der Waals surface area contributed by atoms with Crippen molar-refractivity contribution in [3.8, 4) is 0 Å². The van der Waals surface area contributed by atoms with Gasteiger partial charge in [-0.3, -0.25) is 0 Å². The summed E-state index contributed by atoms with van der Waals surface area (Å²) in [4.78, 5) is 2.22. The fraction of sp³-hybridized carbons (Fsp3) is 1.00. The maximum Gasteiger partial charge on any atom is 0.0593 e. The van der Waals surface area contributed by atoms with Gasteiger partial charge in [0.25, 0.3) is 0 Å². The van der Waals surface area contributed by atoms with Gasteiger partial charge in [0.05, 0.1) is 6.61 Å². The number of hydrogen-bond donors (Lipinski definition) is 0. The van der Waals surface area contributed by atoms with E-state index in [2.05, 4.69) is 32.7 Å². The molecule has 0 heterocycles. The average Bonchev–Trinajstić information content (AvgIpc) is 2.15. The molecule has 0 aliphatic rings. The lowest BCUT2D eigenvalue weighted by Gasteiger charge is -2.22. The van der Waals surface area contributed by atoms with Crippen molar-refractivity contribution in [2.24, 2.45) is 5.92 Å². The average molecular weight is 222 g/mol. The van der Waals surface area contributed by atoms with Crippen LogP contribution in [-0.2, 0) is 4.74 Å². The molecule has 0 saturated carbocycles. The van der Waals surface area contributed by atoms with Gasteiger partial charge in [0.1, 0.15) is 0 Å². The number of rotatable bonds is 8. The van der Waals surface area contributed by atoms with E-state index in [4.69, 9.17) is 16.3 Å². The van der Waals surface area contributed by atoms with Crippen LogP contribution in [0, 0.1) is 5.92 Å². The Morgan fingerprint density at radius 3 is 2.36 bits per heavy atom. The highest BCUT2D eigenvalue weighted by Crippen LogP contribution is 2.00. The molecule has 86 valence electrons. The first-order valence-electron chi connectivity index (χ1n) is 5.41. The van der Waals surface area contributed by atoms with Crippen LogP contribution in [0.2, 0.25) is 0 Å². The molecule has 0 rings (SSSR count). The molecule has 0 N–H and O–H groups in total. The quantitative estimate of drug-likeness (QED) is 0.462. The van der Waals surface area contributed by atoms with Gasteiger partial charge in [-0.2, -0.15) is 0 Å². The third-order valence-electron chi connectivity index (χ3n) is 2.40. The van der Waals surface area contributed by atoms with Crippen LogP contribution in [0.4, 0.5) is 0 Å². The topological polar surface area (TPSA) is 12.5 Å². The van der Waals surface area contributed by atoms with Gasteiger partial charge in [-0.05, 0) is 26.3 Å². The van der Waals surface area contributed by atoms with E-state index in [1.54, 1.807) is 0 Å². The minimum Gasteiger partial charge on any atom is -0.380 e. The molecule has 0 saturated heterocycles. The number of halogens is 1. The first-order valence-corrected chi connectivity index (χ1v) is 5.95. The van der Waals surface area contributed by atoms with Crippen LogP contribution in [-0.4, -0.2) is 43.6 Å². The first kappa shape index (κ1) is 14.2. The van der Waals surface area contributed by atoms with Gasteiger partial charge in [0.2, 0.25) is 0 Å². The van der Waals surface area contributed by atoms with Crippen molar-refractivity contribution >= 4 is 11.6 Å². The molecular formula is C11H24ClNO. The molecule has 0 aromatic carbocycles. The summed E-state index contributed by atoms with van der Waals surface area (Å²) in [6.45, 7) is 9.20. The second-order valence-corrected chi connectivity index (χ2v) is 4.59. The molecule has 0 spiro atoms. The Labute approximate surface area is 93.6 Å². The normalized spacial score (nSPS) is 13.9. The zero-order valence-corrected chi connectivity index (χ0v) is 10.7. The smallest absolute Gasteiger partial charge is 0.0593 e. The number of nitrogens with zero attached hydrogens (tertiary/aromatic N) is 1. The summed E-state index contributed by atoms with van der Waals surface area (Å²) in [5, 5.41) is 0. The zero-order chi connectivity index (χ0) is 11.0. The molecule has 1 atom stereocenters. The Balaban J connectivity index is 3.27. The van der Waals surface area contributed by atoms with Gasteiger partial charge in [-0.25, -0.2) is 0 Å². The summed E-state index contributed by atoms with van der Waals surface area (Å²) in [5.41, 5.74) is 0. The van der Waals surface area contributed by atoms with Crippen molar-refractivity contribution in [2.45, 2.75) is 33.2 Å². The lowest BCUT2D eigenvalue weighted by atomic mass is 10.1. The Morgan fingerprint density at radius 2 is 1.86 bits per heavy atom. The minimum absolute atomic E-state index is 0.436. The van der Waals surface area contributed by atoms with Gasteiger partial charge >= 0.3 is 0 Å². The first-order chi connectivity index (χ1) is 6.57. The van der Waals surface area contributed by atoms with E-state index < -0.39 is 0 Å². The van der Waals surface area contributed by atoms with E-state index in [0.717, 1.165) is 32.1 Å². The lowest BCUT2D eigenvalue weighted by Crippen LogP contribution is -2.33. The molecule has 3 heteroatoms. The van der Waals surface area contributed by atoms with E-state index >= 15 is 0 Å². The maximum atomic E-state index is 5.75. The molecule has 0 aromatic rings. The van der Waals surface area contributed by atoms with E-state index in [9.17, 15) is 0 Å². The fourth-order valence-electron chi connectivity index (χ4n) is 0.968. The van der Waals surface area contributed by atoms with Crippen molar-refractivity contribution in [1.29, 1.82) is 0 Å². The summed E-state index contributed by atoms with van der Waals surface area (Å²) >= 11 is 5.75. The number of ether oxygens (including phenoxy) is 1. The molecule has 0 fully saturated rings. The summed E-state index contributed by atoms with van der Waals surface area (Å²) in [6.07, 6.45) is 1.15. The van der Waals surface area contributed by atoms with Gasteiger partial charge in [-0.15, -0.1) is 11.6 Å². The highest BCUT2D eigenvalue weighted by atomic mass is 35.5. The summed E-state index contributed by atoms with van der Waals surface area (Å²) < 4.78 is 5.53. The van der Waals surface area contributed by atoms with E-state index in [1.807, 2.05) is 0 Å². The molecule has 0 aliphatic carbocycles. The van der Waals surface area contributed by atoms with Crippen molar-refractivity contribution in [2.75, 3.05) is 32.7 Å². The van der Waals surface area contributed by atoms with Crippen LogP contribution < -0.4 is 0 Å². The molecule has 14 heavy (non-hydrogen) atoms. The lowest BCUT2D eigenvalue weighted by molar-refractivity contribution is 0.0960. The van der Waals surface area contributed by atoms with Crippen LogP contribution in [0.5, 0.6) is 0 Å². The SMILES string of the molecule is CC(C)CCOCCN(C)C(C)CCl. The summed E-state index contributed by atoms with van der Waals surface area (Å²) in [6, 6.07) is 0.436. The monoisotopic (exact) mass is 221 g/mol. The second-order valence-electron chi connectivity index (χ2n) is 4.28. The van der Waals surface area contributed by atoms with E-state index in [-0.39, 0.29) is 0 Å². The number of alkyl halides is 1. The fourth-order valence-corrected chi connectivity index (χ4v) is 1.20. The summed E-state index contributed by atoms with van der Waals surface area (Å²) in [7, 11) is 2.08. The number of hydrogen-bond acceptors (Lipinski definition) is 2. The maximum absolute atomic E-state index is 5.75. The Hall–Kier alpha value is 0.210. The molecule has 0 amide bonds. The second kappa shape index (κ2) is 8.51. The van der Waals surface area contributed by atoms with Gasteiger partial charge in [-0.1, -0.05) is 13.8 Å². The van der Waals surface area contributed by atoms with Crippen molar-refractivity contribution in [3.05, 3.63) is 0 Å². The molecule has 2 nitrogen and oxygen atoms in total. The van der Waals surface area contributed by atoms with Crippen LogP contribution in [0.15, 0.2) is 0 Å². The molecule has 0 aliphatic heterocycles. The predicted molar refractivity (Wildman–Crippen MR) is 63.1 cm³/mol. The van der Waals surface area contributed by atoms with Gasteiger partial charge in [0.15, 0.2) is 0 Å². The Bertz CT molecular complexity index is 130. The highest BCUT2D eigenvalue weighted by molar-refractivity contribution is 6.18. The van der Waals surface area contributed by atoms with Crippen LogP contribution in [0.1, 0.15) is 27.2 Å². The molecule has 0 aromatic heterocycles. The van der Waals surface area contributed by atoms with Crippen LogP contribution in [0.25, 0.3) is 0 Å². The van der Waals surface area contributed by atoms with Crippen molar-refractivity contribution in [1.82, 2.24) is 4.90 Å². The predicted octanol–water partition coefficient (Wildman–Crippen LogP) is 2.61. The largest absolute Gasteiger partial charge is 0.380 e. The van der Waals surface area contributed by atoms with Crippen LogP contribution >= 0.6 is 11.6 Å². The Kier molecular flexibility index (Phi) is 8.64. The van der Waals surface area contributed by atoms with Gasteiger partial charge in [0, 0.05) is 25.1 Å². The molecule has 1 unspecified atom stereocenters. The standard InChI is InChI=1S/C11H24ClNO/c1-10(2)5-7-14-8-6-13(4)11(3)9-12/h10-11H,5-9H2,1-4H3. The van der Waals surface area contributed by atoms with E-state index in [1.165, 1.54) is 0 Å². The highest BCUT2D eigenvalue weighted by Gasteiger charge is 2.06. The molecule has 0 bridgehead atoms. The van der Waals surface area contributed by atoms with E-state index in [0.29, 0.717) is 11.9 Å². The Morgan fingerprint density at radius 1 is 1.21 bits per heavy atom. The summed E-state index contributed by atoms with van der Waals surface area (Å²) in [5.74, 6) is 1.41. The van der Waals surface area contributed by atoms with Gasteiger partial charge < -0.3 is 9.64 Å². The van der Waals surface area contributed by atoms with Crippen molar-refractivity contribution in [3.63, 3.8) is 0 Å². The third-order valence-corrected chi connectivity index (χ3v) is 2.85. The number of likely N-dealkylation sites (N-methyl/N-ethyl adjacent to an activating group) is 1. The van der Waals surface area contributed by atoms with Crippen molar-refractivity contribution < 1.29 is 4.74 Å². The third kappa shape index (κ3) is 7.60. The molecular weight excluding hydrogens is 198 g/mol. The zero-order valence-electron chi connectivity index (χ0n) is 9.92. The minimum atomic E-state index is 0.436.